The number of unbranched alkanes of at least 4 members (excludes halogenated alkanes) is 1. The minimum absolute atomic E-state index is 0.187. The Balaban J connectivity index is 3.79. The molecule has 0 spiro atoms. The van der Waals surface area contributed by atoms with Crippen LogP contribution in [0.2, 0.25) is 0 Å². The van der Waals surface area contributed by atoms with Gasteiger partial charge in [-0.3, -0.25) is 4.79 Å². The predicted octanol–water partition coefficient (Wildman–Crippen LogP) is 0.487. The molecule has 0 aliphatic heterocycles. The van der Waals surface area contributed by atoms with Gasteiger partial charge in [0.05, 0.1) is 18.2 Å². The van der Waals surface area contributed by atoms with Gasteiger partial charge in [-0.1, -0.05) is 13.3 Å². The van der Waals surface area contributed by atoms with Gasteiger partial charge in [0.15, 0.2) is 0 Å². The van der Waals surface area contributed by atoms with E-state index >= 15 is 0 Å². The highest BCUT2D eigenvalue weighted by Crippen LogP contribution is 2.16. The van der Waals surface area contributed by atoms with Crippen molar-refractivity contribution >= 4 is 17.7 Å². The van der Waals surface area contributed by atoms with E-state index in [2.05, 4.69) is 12.2 Å². The fourth-order valence-corrected chi connectivity index (χ4v) is 2.61. The first-order chi connectivity index (χ1) is 8.96. The third-order valence-corrected chi connectivity index (χ3v) is 4.24. The second-order valence-corrected chi connectivity index (χ2v) is 6.14. The molecule has 0 rings (SSSR count). The molecule has 0 aliphatic carbocycles. The standard InChI is InChI=1S/C13H28N2O3S/c1-3-7-15-13(2,12(14)18)6-4-5-8-19-10-11(17)9-16/h11,15-17H,3-10H2,1-2H3,(H2,14,18). The Bertz CT molecular complexity index is 254. The van der Waals surface area contributed by atoms with Gasteiger partial charge < -0.3 is 21.3 Å². The summed E-state index contributed by atoms with van der Waals surface area (Å²) in [5.41, 5.74) is 4.82. The molecule has 5 nitrogen and oxygen atoms in total. The monoisotopic (exact) mass is 292 g/mol. The quantitative estimate of drug-likeness (QED) is 0.393. The SMILES string of the molecule is CCCNC(C)(CCCCSCC(O)CO)C(N)=O. The van der Waals surface area contributed by atoms with Gasteiger partial charge in [0.1, 0.15) is 0 Å². The van der Waals surface area contributed by atoms with Gasteiger partial charge in [0.2, 0.25) is 5.91 Å². The fourth-order valence-electron chi connectivity index (χ4n) is 1.65. The van der Waals surface area contributed by atoms with E-state index < -0.39 is 11.6 Å². The van der Waals surface area contributed by atoms with Crippen LogP contribution in [0.1, 0.15) is 39.5 Å². The van der Waals surface area contributed by atoms with Crippen LogP contribution >= 0.6 is 11.8 Å². The highest BCUT2D eigenvalue weighted by atomic mass is 32.2. The number of nitrogens with one attached hydrogen (secondary N) is 1. The van der Waals surface area contributed by atoms with E-state index in [-0.39, 0.29) is 12.5 Å². The molecule has 2 atom stereocenters. The molecule has 0 heterocycles. The summed E-state index contributed by atoms with van der Waals surface area (Å²) < 4.78 is 0. The molecular formula is C13H28N2O3S. The lowest BCUT2D eigenvalue weighted by atomic mass is 9.94. The Morgan fingerprint density at radius 1 is 1.47 bits per heavy atom. The van der Waals surface area contributed by atoms with E-state index in [0.29, 0.717) is 5.75 Å². The number of hydrogen-bond acceptors (Lipinski definition) is 5. The summed E-state index contributed by atoms with van der Waals surface area (Å²) in [5, 5.41) is 21.0. The number of aliphatic hydroxyl groups is 2. The first-order valence-electron chi connectivity index (χ1n) is 6.88. The van der Waals surface area contributed by atoms with Gasteiger partial charge in [0, 0.05) is 5.75 Å². The van der Waals surface area contributed by atoms with Crippen LogP contribution < -0.4 is 11.1 Å². The predicted molar refractivity (Wildman–Crippen MR) is 80.2 cm³/mol. The molecule has 114 valence electrons. The lowest BCUT2D eigenvalue weighted by Crippen LogP contribution is -2.53. The van der Waals surface area contributed by atoms with Gasteiger partial charge in [-0.2, -0.15) is 11.8 Å². The largest absolute Gasteiger partial charge is 0.394 e. The maximum atomic E-state index is 11.5. The second-order valence-electron chi connectivity index (χ2n) is 4.99. The Morgan fingerprint density at radius 2 is 2.16 bits per heavy atom. The number of carbonyl (C=O) groups excluding carboxylic acids is 1. The molecule has 1 amide bonds. The second kappa shape index (κ2) is 10.5. The van der Waals surface area contributed by atoms with Crippen LogP contribution in [-0.4, -0.2) is 52.4 Å². The molecule has 0 saturated heterocycles. The summed E-state index contributed by atoms with van der Waals surface area (Å²) in [6, 6.07) is 0. The van der Waals surface area contributed by atoms with Gasteiger partial charge in [-0.25, -0.2) is 0 Å². The number of aliphatic hydroxyl groups excluding tert-OH is 2. The molecule has 5 N–H and O–H groups in total. The molecule has 0 bridgehead atoms. The molecule has 0 radical (unpaired) electrons. The molecule has 2 unspecified atom stereocenters. The van der Waals surface area contributed by atoms with E-state index in [4.69, 9.17) is 10.8 Å². The van der Waals surface area contributed by atoms with Crippen molar-refractivity contribution in [3.05, 3.63) is 0 Å². The van der Waals surface area contributed by atoms with Gasteiger partial charge in [0.25, 0.3) is 0 Å². The van der Waals surface area contributed by atoms with E-state index in [9.17, 15) is 9.90 Å². The summed E-state index contributed by atoms with van der Waals surface area (Å²) in [6.07, 6.45) is 2.95. The van der Waals surface area contributed by atoms with Crippen molar-refractivity contribution in [3.63, 3.8) is 0 Å². The zero-order valence-electron chi connectivity index (χ0n) is 12.0. The van der Waals surface area contributed by atoms with Crippen LogP contribution in [0.3, 0.4) is 0 Å². The topological polar surface area (TPSA) is 95.6 Å². The maximum absolute atomic E-state index is 11.5. The summed E-state index contributed by atoms with van der Waals surface area (Å²) in [4.78, 5) is 11.5. The molecule has 6 heteroatoms. The molecule has 0 aromatic rings. The van der Waals surface area contributed by atoms with Gasteiger partial charge >= 0.3 is 0 Å². The van der Waals surface area contributed by atoms with Crippen LogP contribution in [0.25, 0.3) is 0 Å². The molecular weight excluding hydrogens is 264 g/mol. The van der Waals surface area contributed by atoms with Crippen molar-refractivity contribution in [2.24, 2.45) is 5.73 Å². The third kappa shape index (κ3) is 8.47. The van der Waals surface area contributed by atoms with Crippen LogP contribution in [-0.2, 0) is 4.79 Å². The highest BCUT2D eigenvalue weighted by molar-refractivity contribution is 7.99. The molecule has 0 aliphatic rings. The van der Waals surface area contributed by atoms with Crippen LogP contribution in [0.4, 0.5) is 0 Å². The number of hydrogen-bond donors (Lipinski definition) is 4. The van der Waals surface area contributed by atoms with Crippen LogP contribution in [0.15, 0.2) is 0 Å². The molecule has 0 saturated carbocycles. The Hall–Kier alpha value is -0.300. The normalized spacial score (nSPS) is 16.0. The van der Waals surface area contributed by atoms with Crippen molar-refractivity contribution in [2.75, 3.05) is 24.7 Å². The summed E-state index contributed by atoms with van der Waals surface area (Å²) in [6.45, 7) is 4.51. The number of amides is 1. The fraction of sp³-hybridized carbons (Fsp3) is 0.923. The van der Waals surface area contributed by atoms with Crippen LogP contribution in [0.5, 0.6) is 0 Å². The minimum atomic E-state index is -0.632. The summed E-state index contributed by atoms with van der Waals surface area (Å²) >= 11 is 1.62. The molecule has 0 fully saturated rings. The van der Waals surface area contributed by atoms with Crippen molar-refractivity contribution in [1.29, 1.82) is 0 Å². The van der Waals surface area contributed by atoms with Crippen molar-refractivity contribution < 1.29 is 15.0 Å². The van der Waals surface area contributed by atoms with E-state index in [1.54, 1.807) is 11.8 Å². The first kappa shape index (κ1) is 18.7. The lowest BCUT2D eigenvalue weighted by Gasteiger charge is -2.27. The third-order valence-electron chi connectivity index (χ3n) is 3.05. The lowest BCUT2D eigenvalue weighted by molar-refractivity contribution is -0.124. The van der Waals surface area contributed by atoms with Crippen LogP contribution in [0, 0.1) is 0 Å². The van der Waals surface area contributed by atoms with E-state index in [1.807, 2.05) is 6.92 Å². The molecule has 19 heavy (non-hydrogen) atoms. The summed E-state index contributed by atoms with van der Waals surface area (Å²) in [5.74, 6) is 1.17. The van der Waals surface area contributed by atoms with E-state index in [1.165, 1.54) is 0 Å². The average molecular weight is 292 g/mol. The maximum Gasteiger partial charge on any atom is 0.237 e. The Morgan fingerprint density at radius 3 is 2.68 bits per heavy atom. The highest BCUT2D eigenvalue weighted by Gasteiger charge is 2.29. The smallest absolute Gasteiger partial charge is 0.237 e. The number of nitrogens with two attached hydrogens (primary N) is 1. The first-order valence-corrected chi connectivity index (χ1v) is 8.03. The molecule has 0 aromatic carbocycles. The number of thioether (sulfide) groups is 1. The number of primary amides is 1. The zero-order valence-corrected chi connectivity index (χ0v) is 12.8. The average Bonchev–Trinajstić information content (AvgIpc) is 2.39. The van der Waals surface area contributed by atoms with Crippen molar-refractivity contribution in [3.8, 4) is 0 Å². The number of rotatable bonds is 12. The molecule has 0 aromatic heterocycles. The zero-order chi connectivity index (χ0) is 14.7. The van der Waals surface area contributed by atoms with Gasteiger partial charge in [-0.15, -0.1) is 0 Å². The van der Waals surface area contributed by atoms with Crippen molar-refractivity contribution in [1.82, 2.24) is 5.32 Å². The van der Waals surface area contributed by atoms with Crippen molar-refractivity contribution in [2.45, 2.75) is 51.2 Å². The number of carbonyl (C=O) groups is 1. The summed E-state index contributed by atoms with van der Waals surface area (Å²) in [7, 11) is 0. The van der Waals surface area contributed by atoms with Gasteiger partial charge in [-0.05, 0) is 38.5 Å². The Kier molecular flexibility index (Phi) is 10.3. The Labute approximate surface area is 120 Å². The van der Waals surface area contributed by atoms with E-state index in [0.717, 1.165) is 38.0 Å². The minimum Gasteiger partial charge on any atom is -0.394 e.